The predicted octanol–water partition coefficient (Wildman–Crippen LogP) is 2.92. The molecule has 4 heterocycles. The molecule has 1 amide bonds. The molecule has 3 aliphatic heterocycles. The normalized spacial score (nSPS) is 30.8. The smallest absolute Gasteiger partial charge is 0.338 e. The number of benzene rings is 1. The lowest BCUT2D eigenvalue weighted by atomic mass is 9.68. The van der Waals surface area contributed by atoms with Gasteiger partial charge in [-0.1, -0.05) is 24.3 Å². The molecule has 1 aromatic carbocycles. The van der Waals surface area contributed by atoms with Crippen molar-refractivity contribution in [3.05, 3.63) is 47.2 Å². The van der Waals surface area contributed by atoms with Crippen molar-refractivity contribution in [3.8, 4) is 0 Å². The van der Waals surface area contributed by atoms with E-state index >= 15 is 0 Å². The van der Waals surface area contributed by atoms with E-state index < -0.39 is 11.8 Å². The van der Waals surface area contributed by atoms with Crippen LogP contribution in [0.3, 0.4) is 0 Å². The molecule has 2 aromatic rings. The first-order valence-corrected chi connectivity index (χ1v) is 10.8. The van der Waals surface area contributed by atoms with Gasteiger partial charge in [0.15, 0.2) is 6.29 Å². The molecule has 1 saturated heterocycles. The summed E-state index contributed by atoms with van der Waals surface area (Å²) in [6.45, 7) is 4.64. The molecule has 0 saturated carbocycles. The van der Waals surface area contributed by atoms with E-state index in [4.69, 9.17) is 14.2 Å². The number of methoxy groups -OCH3 is 2. The van der Waals surface area contributed by atoms with Gasteiger partial charge in [-0.05, 0) is 37.0 Å². The van der Waals surface area contributed by atoms with Crippen molar-refractivity contribution in [2.75, 3.05) is 27.4 Å². The molecule has 31 heavy (non-hydrogen) atoms. The number of hydrogen-bond donors (Lipinski definition) is 0. The van der Waals surface area contributed by atoms with Crippen molar-refractivity contribution in [2.45, 2.75) is 44.6 Å². The van der Waals surface area contributed by atoms with Crippen LogP contribution in [0.5, 0.6) is 0 Å². The van der Waals surface area contributed by atoms with Gasteiger partial charge in [-0.2, -0.15) is 0 Å². The van der Waals surface area contributed by atoms with Crippen LogP contribution in [0.1, 0.15) is 37.6 Å². The summed E-state index contributed by atoms with van der Waals surface area (Å²) in [7, 11) is 2.98. The van der Waals surface area contributed by atoms with Gasteiger partial charge in [0.1, 0.15) is 0 Å². The lowest BCUT2D eigenvalue weighted by Crippen LogP contribution is -2.65. The van der Waals surface area contributed by atoms with E-state index in [1.807, 2.05) is 36.1 Å². The van der Waals surface area contributed by atoms with E-state index in [9.17, 15) is 9.59 Å². The Morgan fingerprint density at radius 3 is 2.71 bits per heavy atom. The van der Waals surface area contributed by atoms with E-state index in [1.54, 1.807) is 14.0 Å². The quantitative estimate of drug-likeness (QED) is 0.548. The zero-order valence-corrected chi connectivity index (χ0v) is 18.4. The minimum absolute atomic E-state index is 0.0513. The molecule has 1 aromatic heterocycles. The summed E-state index contributed by atoms with van der Waals surface area (Å²) in [5.41, 5.74) is 2.97. The monoisotopic (exact) mass is 424 g/mol. The van der Waals surface area contributed by atoms with Gasteiger partial charge in [-0.15, -0.1) is 0 Å². The topological polar surface area (TPSA) is 70.0 Å². The molecular formula is C24H28N2O5. The van der Waals surface area contributed by atoms with Gasteiger partial charge in [0.2, 0.25) is 11.4 Å². The molecule has 4 atom stereocenters. The van der Waals surface area contributed by atoms with Crippen molar-refractivity contribution in [1.82, 2.24) is 9.47 Å². The number of aromatic nitrogens is 1. The minimum atomic E-state index is -1.20. The number of ether oxygens (including phenoxy) is 3. The number of amides is 1. The molecular weight excluding hydrogens is 396 g/mol. The van der Waals surface area contributed by atoms with Crippen LogP contribution in [0.4, 0.5) is 0 Å². The molecule has 7 nitrogen and oxygen atoms in total. The Balaban J connectivity index is 1.92. The van der Waals surface area contributed by atoms with Crippen molar-refractivity contribution in [3.63, 3.8) is 0 Å². The molecule has 5 rings (SSSR count). The lowest BCUT2D eigenvalue weighted by molar-refractivity contribution is -0.230. The number of hydrogen-bond acceptors (Lipinski definition) is 5. The zero-order valence-electron chi connectivity index (χ0n) is 18.4. The third-order valence-electron chi connectivity index (χ3n) is 7.38. The second-order valence-corrected chi connectivity index (χ2v) is 8.54. The summed E-state index contributed by atoms with van der Waals surface area (Å²) in [6.07, 6.45) is 2.59. The van der Waals surface area contributed by atoms with Crippen molar-refractivity contribution in [2.24, 2.45) is 5.92 Å². The molecule has 7 heteroatoms. The number of para-hydroxylation sites is 1. The highest BCUT2D eigenvalue weighted by Gasteiger charge is 2.64. The maximum absolute atomic E-state index is 13.7. The van der Waals surface area contributed by atoms with Crippen molar-refractivity contribution < 1.29 is 23.8 Å². The van der Waals surface area contributed by atoms with Gasteiger partial charge in [0.05, 0.1) is 19.8 Å². The molecule has 4 unspecified atom stereocenters. The van der Waals surface area contributed by atoms with Crippen LogP contribution >= 0.6 is 0 Å². The second kappa shape index (κ2) is 7.21. The van der Waals surface area contributed by atoms with E-state index in [2.05, 4.69) is 10.6 Å². The fourth-order valence-corrected chi connectivity index (χ4v) is 6.18. The second-order valence-electron chi connectivity index (χ2n) is 8.54. The Morgan fingerprint density at radius 1 is 1.26 bits per heavy atom. The fourth-order valence-electron chi connectivity index (χ4n) is 6.18. The van der Waals surface area contributed by atoms with Gasteiger partial charge < -0.3 is 23.7 Å². The van der Waals surface area contributed by atoms with Gasteiger partial charge in [0, 0.05) is 43.1 Å². The van der Waals surface area contributed by atoms with Crippen LogP contribution < -0.4 is 0 Å². The molecule has 0 spiro atoms. The highest BCUT2D eigenvalue weighted by Crippen LogP contribution is 2.56. The maximum atomic E-state index is 13.7. The number of allylic oxidation sites excluding steroid dienone is 1. The fraction of sp³-hybridized carbons (Fsp3) is 0.500. The molecule has 0 bridgehead atoms. The summed E-state index contributed by atoms with van der Waals surface area (Å²) in [5.74, 6) is -0.550. The molecule has 3 aliphatic rings. The average molecular weight is 424 g/mol. The van der Waals surface area contributed by atoms with Gasteiger partial charge >= 0.3 is 5.97 Å². The summed E-state index contributed by atoms with van der Waals surface area (Å²) < 4.78 is 19.4. The molecule has 0 N–H and O–H groups in total. The average Bonchev–Trinajstić information content (AvgIpc) is 3.14. The Morgan fingerprint density at radius 2 is 2.03 bits per heavy atom. The Bertz CT molecular complexity index is 1100. The number of fused-ring (bicyclic) bond motifs is 5. The standard InChI is InChI=1S/C24H28N2O5/c1-5-15-13-31-23(30-4)24(22(28)29-3)18(15)12-20-21-17(10-11-25(20)14(2)27)16-8-6-7-9-19(16)26(21)24/h5-9,18,20,23H,10-13H2,1-4H3/b15-5+. The SMILES string of the molecule is C/C=C1\COC(OC)C2(C(=O)OC)C1CC1c3c(c4ccccc4n32)CCN1C(C)=O. The molecule has 0 aliphatic carbocycles. The molecule has 1 fully saturated rings. The first-order chi connectivity index (χ1) is 15.0. The van der Waals surface area contributed by atoms with E-state index in [1.165, 1.54) is 12.7 Å². The summed E-state index contributed by atoms with van der Waals surface area (Å²) in [4.78, 5) is 28.2. The Labute approximate surface area is 181 Å². The first kappa shape index (κ1) is 20.3. The summed E-state index contributed by atoms with van der Waals surface area (Å²) in [6, 6.07) is 8.01. The lowest BCUT2D eigenvalue weighted by Gasteiger charge is -2.55. The van der Waals surface area contributed by atoms with Gasteiger partial charge in [-0.25, -0.2) is 4.79 Å². The third kappa shape index (κ3) is 2.47. The van der Waals surface area contributed by atoms with Gasteiger partial charge in [-0.3, -0.25) is 4.79 Å². The van der Waals surface area contributed by atoms with Crippen LogP contribution in [-0.4, -0.2) is 55.0 Å². The number of rotatable bonds is 2. The number of esters is 1. The Kier molecular flexibility index (Phi) is 4.71. The van der Waals surface area contributed by atoms with Gasteiger partial charge in [0.25, 0.3) is 0 Å². The predicted molar refractivity (Wildman–Crippen MR) is 114 cm³/mol. The summed E-state index contributed by atoms with van der Waals surface area (Å²) >= 11 is 0. The minimum Gasteiger partial charge on any atom is -0.467 e. The highest BCUT2D eigenvalue weighted by molar-refractivity contribution is 5.92. The van der Waals surface area contributed by atoms with E-state index in [-0.39, 0.29) is 23.8 Å². The van der Waals surface area contributed by atoms with Crippen LogP contribution in [0.25, 0.3) is 10.9 Å². The van der Waals surface area contributed by atoms with Crippen LogP contribution in [-0.2, 0) is 35.8 Å². The van der Waals surface area contributed by atoms with Crippen LogP contribution in [0, 0.1) is 5.92 Å². The van der Waals surface area contributed by atoms with Crippen molar-refractivity contribution in [1.29, 1.82) is 0 Å². The largest absolute Gasteiger partial charge is 0.467 e. The molecule has 0 radical (unpaired) electrons. The summed E-state index contributed by atoms with van der Waals surface area (Å²) in [5, 5.41) is 1.11. The van der Waals surface area contributed by atoms with Crippen LogP contribution in [0.15, 0.2) is 35.9 Å². The number of nitrogens with zero attached hydrogens (tertiary/aromatic N) is 2. The number of carbonyl (C=O) groups is 2. The van der Waals surface area contributed by atoms with Crippen LogP contribution in [0.2, 0.25) is 0 Å². The zero-order chi connectivity index (χ0) is 21.9. The Hall–Kier alpha value is -2.64. The maximum Gasteiger partial charge on any atom is 0.338 e. The van der Waals surface area contributed by atoms with E-state index in [0.717, 1.165) is 28.6 Å². The van der Waals surface area contributed by atoms with E-state index in [0.29, 0.717) is 19.6 Å². The first-order valence-electron chi connectivity index (χ1n) is 10.8. The number of carbonyl (C=O) groups excluding carboxylic acids is 2. The third-order valence-corrected chi connectivity index (χ3v) is 7.38. The molecule has 164 valence electrons. The van der Waals surface area contributed by atoms with Crippen molar-refractivity contribution >= 4 is 22.8 Å². The highest BCUT2D eigenvalue weighted by atomic mass is 16.7.